The number of amides is 1. The molecular weight excluding hydrogens is 258 g/mol. The molecule has 3 rings (SSSR count). The highest BCUT2D eigenvalue weighted by Gasteiger charge is 2.48. The molecule has 2 unspecified atom stereocenters. The quantitative estimate of drug-likeness (QED) is 0.857. The molecule has 0 aromatic heterocycles. The van der Waals surface area contributed by atoms with E-state index in [0.29, 0.717) is 26.0 Å². The second-order valence-electron chi connectivity index (χ2n) is 5.46. The Morgan fingerprint density at radius 1 is 1.40 bits per heavy atom. The third-order valence-corrected chi connectivity index (χ3v) is 3.99. The Morgan fingerprint density at radius 3 is 2.90 bits per heavy atom. The van der Waals surface area contributed by atoms with Crippen LogP contribution in [0.4, 0.5) is 4.79 Å². The van der Waals surface area contributed by atoms with Crippen LogP contribution in [0.25, 0.3) is 0 Å². The molecule has 2 atom stereocenters. The highest BCUT2D eigenvalue weighted by Crippen LogP contribution is 2.39. The number of hydrogen-bond acceptors (Lipinski definition) is 4. The molecule has 0 radical (unpaired) electrons. The van der Waals surface area contributed by atoms with Crippen LogP contribution in [0, 0.1) is 5.92 Å². The van der Waals surface area contributed by atoms with E-state index in [9.17, 15) is 9.59 Å². The van der Waals surface area contributed by atoms with E-state index in [1.54, 1.807) is 0 Å². The molecule has 1 spiro atoms. The fourth-order valence-corrected chi connectivity index (χ4v) is 2.89. The molecule has 5 nitrogen and oxygen atoms in total. The van der Waals surface area contributed by atoms with Crippen molar-refractivity contribution in [3.05, 3.63) is 35.9 Å². The number of benzene rings is 1. The summed E-state index contributed by atoms with van der Waals surface area (Å²) in [6, 6.07) is 9.60. The molecule has 1 saturated heterocycles. The molecule has 20 heavy (non-hydrogen) atoms. The van der Waals surface area contributed by atoms with Crippen LogP contribution in [-0.4, -0.2) is 24.2 Å². The van der Waals surface area contributed by atoms with E-state index in [1.165, 1.54) is 0 Å². The van der Waals surface area contributed by atoms with E-state index in [4.69, 9.17) is 9.47 Å². The summed E-state index contributed by atoms with van der Waals surface area (Å²) >= 11 is 0. The standard InChI is InChI=1S/C15H17NO4/c17-13(19-9-11-4-2-1-3-5-11)12-6-7-15(8-12)10-16-14(18)20-15/h1-5,12H,6-10H2,(H,16,18). The van der Waals surface area contributed by atoms with Gasteiger partial charge in [-0.1, -0.05) is 30.3 Å². The number of ether oxygens (including phenoxy) is 2. The monoisotopic (exact) mass is 275 g/mol. The largest absolute Gasteiger partial charge is 0.461 e. The second-order valence-corrected chi connectivity index (χ2v) is 5.46. The van der Waals surface area contributed by atoms with Gasteiger partial charge in [-0.2, -0.15) is 0 Å². The van der Waals surface area contributed by atoms with Crippen molar-refractivity contribution in [2.45, 2.75) is 31.5 Å². The number of alkyl carbamates (subject to hydrolysis) is 1. The topological polar surface area (TPSA) is 64.6 Å². The van der Waals surface area contributed by atoms with Crippen molar-refractivity contribution < 1.29 is 19.1 Å². The Morgan fingerprint density at radius 2 is 2.20 bits per heavy atom. The zero-order valence-electron chi connectivity index (χ0n) is 11.1. The number of hydrogen-bond donors (Lipinski definition) is 1. The second kappa shape index (κ2) is 5.15. The SMILES string of the molecule is O=C1NCC2(CCC(C(=O)OCc3ccccc3)C2)O1. The summed E-state index contributed by atoms with van der Waals surface area (Å²) < 4.78 is 10.6. The molecule has 1 heterocycles. The van der Waals surface area contributed by atoms with E-state index in [1.807, 2.05) is 30.3 Å². The first-order valence-electron chi connectivity index (χ1n) is 6.84. The maximum Gasteiger partial charge on any atom is 0.407 e. The van der Waals surface area contributed by atoms with Gasteiger partial charge in [-0.25, -0.2) is 4.79 Å². The van der Waals surface area contributed by atoms with Gasteiger partial charge in [-0.3, -0.25) is 4.79 Å². The van der Waals surface area contributed by atoms with E-state index in [2.05, 4.69) is 5.32 Å². The van der Waals surface area contributed by atoms with Gasteiger partial charge < -0.3 is 14.8 Å². The summed E-state index contributed by atoms with van der Waals surface area (Å²) in [7, 11) is 0. The van der Waals surface area contributed by atoms with Gasteiger partial charge in [0.25, 0.3) is 0 Å². The van der Waals surface area contributed by atoms with Crippen molar-refractivity contribution in [1.82, 2.24) is 5.32 Å². The highest BCUT2D eigenvalue weighted by molar-refractivity contribution is 5.74. The van der Waals surface area contributed by atoms with E-state index >= 15 is 0 Å². The normalized spacial score (nSPS) is 28.2. The first-order chi connectivity index (χ1) is 9.67. The molecular formula is C15H17NO4. The van der Waals surface area contributed by atoms with Crippen LogP contribution in [0.15, 0.2) is 30.3 Å². The summed E-state index contributed by atoms with van der Waals surface area (Å²) in [6.45, 7) is 0.787. The first-order valence-corrected chi connectivity index (χ1v) is 6.84. The van der Waals surface area contributed by atoms with Crippen molar-refractivity contribution in [3.8, 4) is 0 Å². The Labute approximate surface area is 117 Å². The van der Waals surface area contributed by atoms with Gasteiger partial charge in [-0.05, 0) is 18.4 Å². The molecule has 2 aliphatic rings. The lowest BCUT2D eigenvalue weighted by Crippen LogP contribution is -2.30. The van der Waals surface area contributed by atoms with Gasteiger partial charge in [0, 0.05) is 6.42 Å². The molecule has 1 N–H and O–H groups in total. The highest BCUT2D eigenvalue weighted by atomic mass is 16.6. The number of rotatable bonds is 3. The van der Waals surface area contributed by atoms with Crippen LogP contribution in [0.2, 0.25) is 0 Å². The van der Waals surface area contributed by atoms with Crippen LogP contribution in [0.3, 0.4) is 0 Å². The van der Waals surface area contributed by atoms with Gasteiger partial charge in [0.1, 0.15) is 12.2 Å². The lowest BCUT2D eigenvalue weighted by Gasteiger charge is -2.19. The Kier molecular flexibility index (Phi) is 3.34. The van der Waals surface area contributed by atoms with Crippen molar-refractivity contribution in [3.63, 3.8) is 0 Å². The van der Waals surface area contributed by atoms with E-state index in [0.717, 1.165) is 12.0 Å². The van der Waals surface area contributed by atoms with Crippen LogP contribution in [0.5, 0.6) is 0 Å². The fraction of sp³-hybridized carbons (Fsp3) is 0.467. The lowest BCUT2D eigenvalue weighted by atomic mass is 10.0. The van der Waals surface area contributed by atoms with Gasteiger partial charge in [-0.15, -0.1) is 0 Å². The smallest absolute Gasteiger partial charge is 0.407 e. The van der Waals surface area contributed by atoms with Crippen LogP contribution in [-0.2, 0) is 20.9 Å². The summed E-state index contributed by atoms with van der Waals surface area (Å²) in [6.07, 6.45) is 1.60. The lowest BCUT2D eigenvalue weighted by molar-refractivity contribution is -0.150. The average molecular weight is 275 g/mol. The maximum absolute atomic E-state index is 12.1. The number of esters is 1. The van der Waals surface area contributed by atoms with E-state index in [-0.39, 0.29) is 18.0 Å². The van der Waals surface area contributed by atoms with Crippen LogP contribution < -0.4 is 5.32 Å². The fourth-order valence-electron chi connectivity index (χ4n) is 2.89. The molecule has 1 aromatic carbocycles. The van der Waals surface area contributed by atoms with Crippen molar-refractivity contribution in [2.75, 3.05) is 6.54 Å². The third kappa shape index (κ3) is 2.61. The Bertz CT molecular complexity index is 516. The van der Waals surface area contributed by atoms with Crippen molar-refractivity contribution >= 4 is 12.1 Å². The zero-order valence-corrected chi connectivity index (χ0v) is 11.1. The molecule has 1 aliphatic heterocycles. The van der Waals surface area contributed by atoms with Crippen molar-refractivity contribution in [2.24, 2.45) is 5.92 Å². The number of carbonyl (C=O) groups excluding carboxylic acids is 2. The predicted molar refractivity (Wildman–Crippen MR) is 70.8 cm³/mol. The van der Waals surface area contributed by atoms with Gasteiger partial charge in [0.15, 0.2) is 0 Å². The summed E-state index contributed by atoms with van der Waals surface area (Å²) in [5, 5.41) is 2.66. The van der Waals surface area contributed by atoms with Gasteiger partial charge in [0.05, 0.1) is 12.5 Å². The van der Waals surface area contributed by atoms with Gasteiger partial charge in [0.2, 0.25) is 0 Å². The molecule has 106 valence electrons. The average Bonchev–Trinajstić information content (AvgIpc) is 3.04. The maximum atomic E-state index is 12.1. The first kappa shape index (κ1) is 13.0. The Hall–Kier alpha value is -2.04. The molecule has 2 fully saturated rings. The summed E-state index contributed by atoms with van der Waals surface area (Å²) in [5.74, 6) is -0.375. The summed E-state index contributed by atoms with van der Waals surface area (Å²) in [5.41, 5.74) is 0.482. The molecule has 1 amide bonds. The predicted octanol–water partition coefficient (Wildman–Crippen LogP) is 2.01. The van der Waals surface area contributed by atoms with E-state index < -0.39 is 5.60 Å². The van der Waals surface area contributed by atoms with Crippen LogP contribution >= 0.6 is 0 Å². The minimum atomic E-state index is -0.493. The molecule has 1 saturated carbocycles. The molecule has 1 aliphatic carbocycles. The zero-order chi connectivity index (χ0) is 14.0. The van der Waals surface area contributed by atoms with Crippen molar-refractivity contribution in [1.29, 1.82) is 0 Å². The molecule has 1 aromatic rings. The Balaban J connectivity index is 1.53. The van der Waals surface area contributed by atoms with Gasteiger partial charge >= 0.3 is 12.1 Å². The number of nitrogens with one attached hydrogen (secondary N) is 1. The molecule has 0 bridgehead atoms. The minimum Gasteiger partial charge on any atom is -0.461 e. The minimum absolute atomic E-state index is 0.175. The molecule has 5 heteroatoms. The third-order valence-electron chi connectivity index (χ3n) is 3.99. The van der Waals surface area contributed by atoms with Crippen LogP contribution in [0.1, 0.15) is 24.8 Å². The number of carbonyl (C=O) groups is 2. The summed E-state index contributed by atoms with van der Waals surface area (Å²) in [4.78, 5) is 23.2.